The molecule has 3 aromatic rings. The van der Waals surface area contributed by atoms with Crippen molar-refractivity contribution in [1.29, 1.82) is 0 Å². The molecule has 7 nitrogen and oxygen atoms in total. The van der Waals surface area contributed by atoms with Gasteiger partial charge in [0.2, 0.25) is 10.0 Å². The Morgan fingerprint density at radius 3 is 2.71 bits per heavy atom. The molecule has 1 aliphatic heterocycles. The van der Waals surface area contributed by atoms with E-state index in [2.05, 4.69) is 15.2 Å². The summed E-state index contributed by atoms with van der Waals surface area (Å²) in [5.74, 6) is -1.32. The minimum absolute atomic E-state index is 0.199. The van der Waals surface area contributed by atoms with Crippen LogP contribution >= 0.6 is 0 Å². The van der Waals surface area contributed by atoms with Gasteiger partial charge >= 0.3 is 0 Å². The smallest absolute Gasteiger partial charge is 0.246 e. The Kier molecular flexibility index (Phi) is 4.90. The third-order valence-corrected chi connectivity index (χ3v) is 6.65. The molecular weight excluding hydrogens is 388 g/mol. The number of hydrogen-bond acceptors (Lipinski definition) is 5. The van der Waals surface area contributed by atoms with Crippen molar-refractivity contribution in [2.75, 3.05) is 6.54 Å². The highest BCUT2D eigenvalue weighted by Gasteiger charge is 2.40. The first kappa shape index (κ1) is 18.6. The molecule has 0 aliphatic carbocycles. The average molecular weight is 405 g/mol. The Balaban J connectivity index is 1.68. The molecule has 2 aromatic heterocycles. The van der Waals surface area contributed by atoms with E-state index < -0.39 is 32.6 Å². The van der Waals surface area contributed by atoms with Crippen molar-refractivity contribution in [3.05, 3.63) is 72.1 Å². The van der Waals surface area contributed by atoms with E-state index in [1.807, 2.05) is 12.1 Å². The van der Waals surface area contributed by atoms with Gasteiger partial charge in [-0.15, -0.1) is 10.2 Å². The highest BCUT2D eigenvalue weighted by Crippen LogP contribution is 2.36. The molecule has 1 fully saturated rings. The summed E-state index contributed by atoms with van der Waals surface area (Å²) in [5, 5.41) is 8.04. The lowest BCUT2D eigenvalue weighted by molar-refractivity contribution is 0.371. The van der Waals surface area contributed by atoms with Crippen molar-refractivity contribution in [3.63, 3.8) is 0 Å². The quantitative estimate of drug-likeness (QED) is 0.652. The van der Waals surface area contributed by atoms with Gasteiger partial charge in [-0.25, -0.2) is 17.2 Å². The molecule has 0 spiro atoms. The molecule has 1 unspecified atom stereocenters. The van der Waals surface area contributed by atoms with E-state index in [0.717, 1.165) is 17.7 Å². The fourth-order valence-corrected chi connectivity index (χ4v) is 5.15. The topological polar surface area (TPSA) is 81.0 Å². The first-order valence-corrected chi connectivity index (χ1v) is 10.1. The molecule has 146 valence electrons. The molecule has 0 radical (unpaired) electrons. The van der Waals surface area contributed by atoms with E-state index in [1.165, 1.54) is 10.6 Å². The van der Waals surface area contributed by atoms with Gasteiger partial charge < -0.3 is 4.57 Å². The molecule has 3 heterocycles. The average Bonchev–Trinajstić information content (AvgIpc) is 3.33. The zero-order valence-corrected chi connectivity index (χ0v) is 15.6. The van der Waals surface area contributed by atoms with Crippen LogP contribution in [0.3, 0.4) is 0 Å². The third kappa shape index (κ3) is 3.40. The summed E-state index contributed by atoms with van der Waals surface area (Å²) >= 11 is 0. The van der Waals surface area contributed by atoms with Crippen molar-refractivity contribution in [2.24, 2.45) is 0 Å². The van der Waals surface area contributed by atoms with Crippen LogP contribution in [0.25, 0.3) is 0 Å². The molecule has 0 saturated carbocycles. The number of sulfonamides is 1. The van der Waals surface area contributed by atoms with Crippen LogP contribution in [0.15, 0.2) is 53.9 Å². The number of rotatable bonds is 5. The second-order valence-electron chi connectivity index (χ2n) is 6.52. The minimum atomic E-state index is -4.23. The van der Waals surface area contributed by atoms with E-state index in [-0.39, 0.29) is 6.54 Å². The van der Waals surface area contributed by atoms with Crippen molar-refractivity contribution >= 4 is 10.0 Å². The van der Waals surface area contributed by atoms with Gasteiger partial charge in [-0.05, 0) is 48.7 Å². The van der Waals surface area contributed by atoms with E-state index in [0.29, 0.717) is 31.3 Å². The van der Waals surface area contributed by atoms with Gasteiger partial charge in [-0.1, -0.05) is 0 Å². The van der Waals surface area contributed by atoms with Gasteiger partial charge in [0, 0.05) is 18.9 Å². The molecule has 10 heteroatoms. The van der Waals surface area contributed by atoms with Gasteiger partial charge in [0.1, 0.15) is 22.9 Å². The number of nitrogens with zero attached hydrogens (tertiary/aromatic N) is 5. The van der Waals surface area contributed by atoms with Gasteiger partial charge in [-0.2, -0.15) is 4.31 Å². The predicted molar refractivity (Wildman–Crippen MR) is 95.6 cm³/mol. The molecule has 0 amide bonds. The van der Waals surface area contributed by atoms with Gasteiger partial charge in [-0.3, -0.25) is 4.98 Å². The number of pyridine rings is 1. The maximum atomic E-state index is 14.1. The van der Waals surface area contributed by atoms with Crippen LogP contribution in [0.4, 0.5) is 8.78 Å². The number of halogens is 2. The Hall–Kier alpha value is -2.72. The Morgan fingerprint density at radius 2 is 1.93 bits per heavy atom. The summed E-state index contributed by atoms with van der Waals surface area (Å²) in [5.41, 5.74) is 0.958. The van der Waals surface area contributed by atoms with Gasteiger partial charge in [0.05, 0.1) is 12.6 Å². The van der Waals surface area contributed by atoms with Crippen molar-refractivity contribution < 1.29 is 17.2 Å². The summed E-state index contributed by atoms with van der Waals surface area (Å²) in [4.78, 5) is 3.31. The van der Waals surface area contributed by atoms with Crippen LogP contribution in [-0.4, -0.2) is 39.0 Å². The second-order valence-corrected chi connectivity index (χ2v) is 8.38. The zero-order chi connectivity index (χ0) is 19.7. The number of hydrogen-bond donors (Lipinski definition) is 0. The Bertz CT molecular complexity index is 1090. The monoisotopic (exact) mass is 405 g/mol. The lowest BCUT2D eigenvalue weighted by Gasteiger charge is -2.24. The van der Waals surface area contributed by atoms with Gasteiger partial charge in [0.25, 0.3) is 0 Å². The molecule has 28 heavy (non-hydrogen) atoms. The van der Waals surface area contributed by atoms with E-state index >= 15 is 0 Å². The van der Waals surface area contributed by atoms with Crippen LogP contribution < -0.4 is 0 Å². The van der Waals surface area contributed by atoms with Crippen LogP contribution in [0.2, 0.25) is 0 Å². The first-order chi connectivity index (χ1) is 13.5. The zero-order valence-electron chi connectivity index (χ0n) is 14.7. The first-order valence-electron chi connectivity index (χ1n) is 8.70. The van der Waals surface area contributed by atoms with Crippen LogP contribution in [-0.2, 0) is 16.6 Å². The van der Waals surface area contributed by atoms with Crippen LogP contribution in [0, 0.1) is 11.6 Å². The Morgan fingerprint density at radius 1 is 1.14 bits per heavy atom. The molecule has 0 bridgehead atoms. The van der Waals surface area contributed by atoms with E-state index in [9.17, 15) is 17.2 Å². The lowest BCUT2D eigenvalue weighted by Crippen LogP contribution is -2.32. The van der Waals surface area contributed by atoms with Crippen LogP contribution in [0.5, 0.6) is 0 Å². The fourth-order valence-electron chi connectivity index (χ4n) is 3.42. The normalized spacial score (nSPS) is 17.9. The molecule has 1 atom stereocenters. The summed E-state index contributed by atoms with van der Waals surface area (Å²) in [6, 6.07) is 5.50. The highest BCUT2D eigenvalue weighted by atomic mass is 32.2. The van der Waals surface area contributed by atoms with Crippen molar-refractivity contribution in [2.45, 2.75) is 30.3 Å². The largest absolute Gasteiger partial charge is 0.312 e. The molecule has 1 aliphatic rings. The maximum Gasteiger partial charge on any atom is 0.246 e. The second kappa shape index (κ2) is 7.36. The van der Waals surface area contributed by atoms with Gasteiger partial charge in [0.15, 0.2) is 5.82 Å². The van der Waals surface area contributed by atoms with E-state index in [4.69, 9.17) is 0 Å². The summed E-state index contributed by atoms with van der Waals surface area (Å²) in [6.45, 7) is 0.647. The minimum Gasteiger partial charge on any atom is -0.312 e. The SMILES string of the molecule is O=S(=O)(c1cc(F)ccc1F)N1CCCC1c1nncn1Cc1ccncc1. The van der Waals surface area contributed by atoms with Crippen molar-refractivity contribution in [1.82, 2.24) is 24.1 Å². The molecule has 1 aromatic carbocycles. The molecular formula is C18H17F2N5O2S. The number of benzene rings is 1. The Labute approximate surface area is 160 Å². The number of aromatic nitrogens is 4. The molecule has 1 saturated heterocycles. The lowest BCUT2D eigenvalue weighted by atomic mass is 10.2. The third-order valence-electron chi connectivity index (χ3n) is 4.73. The summed E-state index contributed by atoms with van der Waals surface area (Å²) in [7, 11) is -4.23. The fraction of sp³-hybridized carbons (Fsp3) is 0.278. The highest BCUT2D eigenvalue weighted by molar-refractivity contribution is 7.89. The van der Waals surface area contributed by atoms with Crippen molar-refractivity contribution in [3.8, 4) is 0 Å². The summed E-state index contributed by atoms with van der Waals surface area (Å²) in [6.07, 6.45) is 5.96. The van der Waals surface area contributed by atoms with E-state index in [1.54, 1.807) is 17.0 Å². The van der Waals surface area contributed by atoms with Crippen LogP contribution in [0.1, 0.15) is 30.3 Å². The predicted octanol–water partition coefficient (Wildman–Crippen LogP) is 2.53. The maximum absolute atomic E-state index is 14.1. The standard InChI is InChI=1S/C18H17F2N5O2S/c19-14-3-4-15(20)17(10-14)28(26,27)25-9-1-2-16(25)18-23-22-12-24(18)11-13-5-7-21-8-6-13/h3-8,10,12,16H,1-2,9,11H2. The molecule has 4 rings (SSSR count). The molecule has 0 N–H and O–H groups in total. The summed E-state index contributed by atoms with van der Waals surface area (Å²) < 4.78 is 56.7.